The third-order valence-electron chi connectivity index (χ3n) is 4.24. The maximum Gasteiger partial charge on any atom is 0.435 e. The molecule has 0 saturated heterocycles. The lowest BCUT2D eigenvalue weighted by Crippen LogP contribution is -2.30. The molecule has 0 aromatic carbocycles. The highest BCUT2D eigenvalue weighted by Gasteiger charge is 2.52. The standard InChI is InChI=1S/C13H11F7N2O/c14-5-2-1-4(3-6(5)15)22-10-7(11(23)9(17)8(10)16)12(21-22)13(18,19)20/h4-6,8-9H,1-3H2/t4?,5-,6+,8+,9-/m1/s1. The highest BCUT2D eigenvalue weighted by Crippen LogP contribution is 2.45. The first kappa shape index (κ1) is 16.3. The van der Waals surface area contributed by atoms with Gasteiger partial charge in [0, 0.05) is 6.42 Å². The second-order valence-corrected chi connectivity index (χ2v) is 5.72. The number of hydrogen-bond donors (Lipinski definition) is 0. The van der Waals surface area contributed by atoms with E-state index in [4.69, 9.17) is 0 Å². The summed E-state index contributed by atoms with van der Waals surface area (Å²) in [6, 6.07) is -1.06. The smallest absolute Gasteiger partial charge is 0.291 e. The van der Waals surface area contributed by atoms with E-state index in [2.05, 4.69) is 5.10 Å². The summed E-state index contributed by atoms with van der Waals surface area (Å²) in [5, 5.41) is 3.20. The van der Waals surface area contributed by atoms with E-state index < -0.39 is 66.1 Å². The maximum absolute atomic E-state index is 14.0. The summed E-state index contributed by atoms with van der Waals surface area (Å²) in [5.41, 5.74) is -3.65. The third-order valence-corrected chi connectivity index (χ3v) is 4.24. The Morgan fingerprint density at radius 2 is 1.65 bits per heavy atom. The van der Waals surface area contributed by atoms with E-state index in [1.54, 1.807) is 0 Å². The van der Waals surface area contributed by atoms with Gasteiger partial charge in [-0.05, 0) is 12.8 Å². The Morgan fingerprint density at radius 3 is 2.22 bits per heavy atom. The van der Waals surface area contributed by atoms with Gasteiger partial charge in [0.15, 0.2) is 18.0 Å². The van der Waals surface area contributed by atoms with Crippen LogP contribution < -0.4 is 0 Å². The molecule has 2 aliphatic carbocycles. The lowest BCUT2D eigenvalue weighted by atomic mass is 9.92. The third kappa shape index (κ3) is 2.42. The van der Waals surface area contributed by atoms with Gasteiger partial charge in [0.05, 0.1) is 17.3 Å². The number of carbonyl (C=O) groups is 1. The van der Waals surface area contributed by atoms with Gasteiger partial charge in [-0.3, -0.25) is 9.48 Å². The molecule has 10 heteroatoms. The Bertz CT molecular complexity index is 641. The van der Waals surface area contributed by atoms with Crippen LogP contribution in [0.1, 0.15) is 53.2 Å². The minimum absolute atomic E-state index is 0.0785. The molecular formula is C13H11F7N2O. The van der Waals surface area contributed by atoms with Crippen molar-refractivity contribution in [3.8, 4) is 0 Å². The predicted octanol–water partition coefficient (Wildman–Crippen LogP) is 3.85. The summed E-state index contributed by atoms with van der Waals surface area (Å²) in [7, 11) is 0. The van der Waals surface area contributed by atoms with E-state index in [9.17, 15) is 35.5 Å². The first-order valence-electron chi connectivity index (χ1n) is 6.93. The summed E-state index contributed by atoms with van der Waals surface area (Å²) in [6.45, 7) is 0. The van der Waals surface area contributed by atoms with Crippen LogP contribution in [-0.2, 0) is 6.18 Å². The van der Waals surface area contributed by atoms with Gasteiger partial charge < -0.3 is 0 Å². The predicted molar refractivity (Wildman–Crippen MR) is 63.0 cm³/mol. The average Bonchev–Trinajstić information content (AvgIpc) is 2.96. The van der Waals surface area contributed by atoms with E-state index in [-0.39, 0.29) is 12.8 Å². The van der Waals surface area contributed by atoms with E-state index in [0.29, 0.717) is 4.68 Å². The molecule has 1 aromatic rings. The van der Waals surface area contributed by atoms with Crippen molar-refractivity contribution >= 4 is 5.78 Å². The van der Waals surface area contributed by atoms with Gasteiger partial charge in [0.2, 0.25) is 5.78 Å². The Labute approximate surface area is 125 Å². The number of ketones is 1. The lowest BCUT2D eigenvalue weighted by molar-refractivity contribution is -0.142. The summed E-state index contributed by atoms with van der Waals surface area (Å²) in [5.74, 6) is -1.62. The molecule has 1 unspecified atom stereocenters. The van der Waals surface area contributed by atoms with Gasteiger partial charge in [-0.1, -0.05) is 0 Å². The van der Waals surface area contributed by atoms with Gasteiger partial charge >= 0.3 is 6.18 Å². The molecule has 128 valence electrons. The van der Waals surface area contributed by atoms with Crippen molar-refractivity contribution < 1.29 is 35.5 Å². The first-order chi connectivity index (χ1) is 10.6. The van der Waals surface area contributed by atoms with Crippen molar-refractivity contribution in [3.63, 3.8) is 0 Å². The number of rotatable bonds is 1. The Morgan fingerprint density at radius 1 is 1.00 bits per heavy atom. The van der Waals surface area contributed by atoms with E-state index >= 15 is 0 Å². The maximum atomic E-state index is 14.0. The number of Topliss-reactive ketones (excluding diaryl/α,β-unsaturated/α-hetero) is 1. The molecule has 2 aliphatic rings. The number of hydrogen-bond acceptors (Lipinski definition) is 2. The molecule has 0 aliphatic heterocycles. The molecule has 1 heterocycles. The zero-order valence-corrected chi connectivity index (χ0v) is 11.5. The number of alkyl halides is 7. The molecule has 1 aromatic heterocycles. The van der Waals surface area contributed by atoms with Crippen molar-refractivity contribution in [3.05, 3.63) is 17.0 Å². The molecule has 1 saturated carbocycles. The van der Waals surface area contributed by atoms with Crippen molar-refractivity contribution in [2.24, 2.45) is 0 Å². The van der Waals surface area contributed by atoms with Crippen LogP contribution in [0.2, 0.25) is 0 Å². The van der Waals surface area contributed by atoms with Crippen LogP contribution in [0.25, 0.3) is 0 Å². The lowest BCUT2D eigenvalue weighted by Gasteiger charge is -2.28. The normalized spacial score (nSPS) is 34.7. The van der Waals surface area contributed by atoms with Crippen molar-refractivity contribution in [2.45, 2.75) is 56.2 Å². The van der Waals surface area contributed by atoms with Crippen LogP contribution in [0, 0.1) is 0 Å². The fraction of sp³-hybridized carbons (Fsp3) is 0.692. The number of halogens is 7. The second-order valence-electron chi connectivity index (χ2n) is 5.72. The molecule has 0 spiro atoms. The molecule has 0 amide bonds. The number of fused-ring (bicyclic) bond motifs is 1. The summed E-state index contributed by atoms with van der Waals surface area (Å²) in [4.78, 5) is 11.6. The number of nitrogens with zero attached hydrogens (tertiary/aromatic N) is 2. The average molecular weight is 344 g/mol. The van der Waals surface area contributed by atoms with E-state index in [1.807, 2.05) is 0 Å². The molecule has 0 radical (unpaired) electrons. The molecule has 5 atom stereocenters. The van der Waals surface area contributed by atoms with Crippen molar-refractivity contribution in [1.82, 2.24) is 9.78 Å². The molecule has 3 rings (SSSR count). The van der Waals surface area contributed by atoms with E-state index in [1.165, 1.54) is 0 Å². The molecule has 23 heavy (non-hydrogen) atoms. The zero-order valence-electron chi connectivity index (χ0n) is 11.5. The second kappa shape index (κ2) is 5.20. The number of aromatic nitrogens is 2. The minimum Gasteiger partial charge on any atom is -0.291 e. The first-order valence-corrected chi connectivity index (χ1v) is 6.93. The van der Waals surface area contributed by atoms with Gasteiger partial charge in [-0.2, -0.15) is 18.3 Å². The minimum atomic E-state index is -5.08. The van der Waals surface area contributed by atoms with Crippen LogP contribution in [0.5, 0.6) is 0 Å². The Balaban J connectivity index is 2.09. The monoisotopic (exact) mass is 344 g/mol. The van der Waals surface area contributed by atoms with Crippen molar-refractivity contribution in [1.29, 1.82) is 0 Å². The SMILES string of the molecule is O=C1c2c(C(F)(F)F)nn(C3CC[C@@H](F)[C@@H](F)C3)c2[C@@H](F)[C@H]1F. The fourth-order valence-electron chi connectivity index (χ4n) is 3.12. The van der Waals surface area contributed by atoms with Gasteiger partial charge in [0.1, 0.15) is 12.3 Å². The largest absolute Gasteiger partial charge is 0.435 e. The summed E-state index contributed by atoms with van der Waals surface area (Å²) >= 11 is 0. The van der Waals surface area contributed by atoms with Crippen LogP contribution in [0.4, 0.5) is 30.7 Å². The zero-order chi connectivity index (χ0) is 17.1. The topological polar surface area (TPSA) is 34.9 Å². The van der Waals surface area contributed by atoms with Crippen LogP contribution in [-0.4, -0.2) is 34.1 Å². The van der Waals surface area contributed by atoms with Gasteiger partial charge in [0.25, 0.3) is 0 Å². The molecular weight excluding hydrogens is 333 g/mol. The van der Waals surface area contributed by atoms with Crippen LogP contribution >= 0.6 is 0 Å². The van der Waals surface area contributed by atoms with Crippen LogP contribution in [0.3, 0.4) is 0 Å². The molecule has 1 fully saturated rings. The Kier molecular flexibility index (Phi) is 3.68. The van der Waals surface area contributed by atoms with Gasteiger partial charge in [-0.15, -0.1) is 0 Å². The highest BCUT2D eigenvalue weighted by molar-refractivity contribution is 6.05. The summed E-state index contributed by atoms with van der Waals surface area (Å²) in [6.07, 6.45) is -15.0. The molecule has 0 N–H and O–H groups in total. The van der Waals surface area contributed by atoms with E-state index in [0.717, 1.165) is 0 Å². The fourth-order valence-corrected chi connectivity index (χ4v) is 3.12. The van der Waals surface area contributed by atoms with Crippen LogP contribution in [0.15, 0.2) is 0 Å². The molecule has 0 bridgehead atoms. The highest BCUT2D eigenvalue weighted by atomic mass is 19.4. The van der Waals surface area contributed by atoms with Crippen molar-refractivity contribution in [2.75, 3.05) is 0 Å². The molecule has 3 nitrogen and oxygen atoms in total. The quantitative estimate of drug-likeness (QED) is 0.726. The van der Waals surface area contributed by atoms with Gasteiger partial charge in [-0.25, -0.2) is 17.6 Å². The Hall–Kier alpha value is -1.61. The number of carbonyl (C=O) groups excluding carboxylic acids is 1. The summed E-state index contributed by atoms with van der Waals surface area (Å²) < 4.78 is 93.6.